The van der Waals surface area contributed by atoms with Crippen molar-refractivity contribution < 1.29 is 26.7 Å². The quantitative estimate of drug-likeness (QED) is 0.502. The van der Waals surface area contributed by atoms with E-state index in [1.807, 2.05) is 4.98 Å². The van der Waals surface area contributed by atoms with E-state index in [4.69, 9.17) is 0 Å². The molecule has 21 heavy (non-hydrogen) atoms. The molecule has 5 nitrogen and oxygen atoms in total. The Kier molecular flexibility index (Phi) is 3.19. The van der Waals surface area contributed by atoms with Gasteiger partial charge in [0.2, 0.25) is 5.78 Å². The Morgan fingerprint density at radius 2 is 1.43 bits per heavy atom. The Balaban J connectivity index is 2.58. The highest BCUT2D eigenvalue weighted by Crippen LogP contribution is 2.38. The van der Waals surface area contributed by atoms with E-state index in [2.05, 4.69) is 4.98 Å². The van der Waals surface area contributed by atoms with Crippen LogP contribution < -0.4 is 11.1 Å². The number of alkyl halides is 5. The Morgan fingerprint density at radius 1 is 0.905 bits per heavy atom. The standard InChI is InChI=1S/C11H5F5N2O3/c12-10(13,11(14,15)16)7(19)4-1-2-5-6(3-4)18-9(21)8(20)17-5/h1-3H,(H,17,20)(H,18,21). The number of aromatic nitrogens is 2. The van der Waals surface area contributed by atoms with Crippen molar-refractivity contribution >= 4 is 16.8 Å². The molecule has 1 aromatic heterocycles. The van der Waals surface area contributed by atoms with Crippen molar-refractivity contribution in [2.24, 2.45) is 0 Å². The SMILES string of the molecule is O=C(c1ccc2[nH]c(=O)c(=O)[nH]c2c1)C(F)(F)C(F)(F)F. The maximum absolute atomic E-state index is 12.9. The van der Waals surface area contributed by atoms with E-state index in [9.17, 15) is 36.3 Å². The molecule has 2 rings (SSSR count). The molecule has 1 aromatic carbocycles. The van der Waals surface area contributed by atoms with Gasteiger partial charge in [-0.25, -0.2) is 0 Å². The van der Waals surface area contributed by atoms with Gasteiger partial charge in [0.25, 0.3) is 0 Å². The number of halogens is 5. The van der Waals surface area contributed by atoms with Gasteiger partial charge < -0.3 is 9.97 Å². The van der Waals surface area contributed by atoms with Crippen LogP contribution in [0.5, 0.6) is 0 Å². The summed E-state index contributed by atoms with van der Waals surface area (Å²) in [6.45, 7) is 0. The Bertz CT molecular complexity index is 834. The molecular formula is C11H5F5N2O3. The highest BCUT2D eigenvalue weighted by molar-refractivity contribution is 6.03. The molecule has 0 saturated heterocycles. The van der Waals surface area contributed by atoms with Gasteiger partial charge in [-0.2, -0.15) is 22.0 Å². The van der Waals surface area contributed by atoms with Gasteiger partial charge in [0, 0.05) is 5.56 Å². The first-order valence-electron chi connectivity index (χ1n) is 5.30. The fraction of sp³-hybridized carbons (Fsp3) is 0.182. The number of nitrogens with one attached hydrogen (secondary N) is 2. The minimum atomic E-state index is -6.03. The lowest BCUT2D eigenvalue weighted by atomic mass is 10.0. The molecular weight excluding hydrogens is 303 g/mol. The smallest absolute Gasteiger partial charge is 0.316 e. The molecule has 0 unspecified atom stereocenters. The summed E-state index contributed by atoms with van der Waals surface area (Å²) in [5.74, 6) is -8.01. The second-order valence-corrected chi connectivity index (χ2v) is 4.07. The lowest BCUT2D eigenvalue weighted by Gasteiger charge is -2.18. The van der Waals surface area contributed by atoms with Gasteiger partial charge in [-0.15, -0.1) is 0 Å². The monoisotopic (exact) mass is 308 g/mol. The van der Waals surface area contributed by atoms with Crippen LogP contribution in [0.4, 0.5) is 22.0 Å². The third kappa shape index (κ3) is 2.43. The second-order valence-electron chi connectivity index (χ2n) is 4.07. The molecule has 0 bridgehead atoms. The van der Waals surface area contributed by atoms with Gasteiger partial charge in [0.1, 0.15) is 0 Å². The maximum atomic E-state index is 12.9. The average Bonchev–Trinajstić information content (AvgIpc) is 2.37. The van der Waals surface area contributed by atoms with Crippen molar-refractivity contribution in [2.75, 3.05) is 0 Å². The van der Waals surface area contributed by atoms with Gasteiger partial charge in [0.15, 0.2) is 0 Å². The van der Waals surface area contributed by atoms with Crippen LogP contribution in [0.25, 0.3) is 11.0 Å². The van der Waals surface area contributed by atoms with E-state index in [1.165, 1.54) is 0 Å². The van der Waals surface area contributed by atoms with E-state index in [1.54, 1.807) is 0 Å². The number of hydrogen-bond donors (Lipinski definition) is 2. The summed E-state index contributed by atoms with van der Waals surface area (Å²) in [6.07, 6.45) is -6.03. The molecule has 1 heterocycles. The highest BCUT2D eigenvalue weighted by atomic mass is 19.4. The topological polar surface area (TPSA) is 82.8 Å². The van der Waals surface area contributed by atoms with Crippen molar-refractivity contribution in [3.8, 4) is 0 Å². The summed E-state index contributed by atoms with van der Waals surface area (Å²) in [5, 5.41) is 0. The fourth-order valence-corrected chi connectivity index (χ4v) is 1.57. The van der Waals surface area contributed by atoms with Crippen LogP contribution in [0, 0.1) is 0 Å². The van der Waals surface area contributed by atoms with Gasteiger partial charge in [-0.1, -0.05) is 0 Å². The summed E-state index contributed by atoms with van der Waals surface area (Å²) in [7, 11) is 0. The zero-order valence-corrected chi connectivity index (χ0v) is 9.85. The molecule has 0 spiro atoms. The summed E-state index contributed by atoms with van der Waals surface area (Å²) in [5.41, 5.74) is -3.38. The molecule has 0 fully saturated rings. The van der Waals surface area contributed by atoms with Crippen LogP contribution >= 0.6 is 0 Å². The number of carbonyl (C=O) groups excluding carboxylic acids is 1. The molecule has 0 amide bonds. The molecule has 0 saturated carbocycles. The average molecular weight is 308 g/mol. The van der Waals surface area contributed by atoms with Gasteiger partial charge >= 0.3 is 23.2 Å². The van der Waals surface area contributed by atoms with Gasteiger partial charge in [-0.3, -0.25) is 14.4 Å². The minimum Gasteiger partial charge on any atom is -0.316 e. The molecule has 10 heteroatoms. The van der Waals surface area contributed by atoms with Crippen molar-refractivity contribution in [1.29, 1.82) is 0 Å². The Morgan fingerprint density at radius 3 is 1.95 bits per heavy atom. The molecule has 2 aromatic rings. The molecule has 0 radical (unpaired) electrons. The lowest BCUT2D eigenvalue weighted by Crippen LogP contribution is -2.44. The number of hydrogen-bond acceptors (Lipinski definition) is 3. The third-order valence-corrected chi connectivity index (χ3v) is 2.63. The van der Waals surface area contributed by atoms with Gasteiger partial charge in [-0.05, 0) is 18.2 Å². The number of ketones is 1. The summed E-state index contributed by atoms with van der Waals surface area (Å²) < 4.78 is 62.3. The number of aromatic amines is 2. The van der Waals surface area contributed by atoms with E-state index >= 15 is 0 Å². The molecule has 2 N–H and O–H groups in total. The predicted molar refractivity (Wildman–Crippen MR) is 60.5 cm³/mol. The number of carbonyl (C=O) groups is 1. The van der Waals surface area contributed by atoms with Crippen molar-refractivity contribution in [2.45, 2.75) is 12.1 Å². The minimum absolute atomic E-state index is 0.0218. The first kappa shape index (κ1) is 14.9. The Labute approximate surface area is 111 Å². The zero-order chi connectivity index (χ0) is 16.0. The van der Waals surface area contributed by atoms with Gasteiger partial charge in [0.05, 0.1) is 11.0 Å². The van der Waals surface area contributed by atoms with Crippen molar-refractivity contribution in [1.82, 2.24) is 9.97 Å². The molecule has 0 aliphatic heterocycles. The number of H-pyrrole nitrogens is 2. The first-order valence-corrected chi connectivity index (χ1v) is 5.30. The maximum Gasteiger partial charge on any atom is 0.461 e. The van der Waals surface area contributed by atoms with E-state index in [0.717, 1.165) is 6.07 Å². The lowest BCUT2D eigenvalue weighted by molar-refractivity contribution is -0.255. The van der Waals surface area contributed by atoms with Crippen LogP contribution in [0.15, 0.2) is 27.8 Å². The third-order valence-electron chi connectivity index (χ3n) is 2.63. The fourth-order valence-electron chi connectivity index (χ4n) is 1.57. The zero-order valence-electron chi connectivity index (χ0n) is 9.85. The molecule has 0 aliphatic rings. The number of fused-ring (bicyclic) bond motifs is 1. The van der Waals surface area contributed by atoms with Crippen LogP contribution in [0.1, 0.15) is 10.4 Å². The Hall–Kier alpha value is -2.52. The summed E-state index contributed by atoms with van der Waals surface area (Å²) in [4.78, 5) is 37.4. The largest absolute Gasteiger partial charge is 0.461 e. The number of rotatable bonds is 2. The van der Waals surface area contributed by atoms with Crippen LogP contribution in [-0.4, -0.2) is 27.9 Å². The second kappa shape index (κ2) is 4.50. The predicted octanol–water partition coefficient (Wildman–Crippen LogP) is 1.60. The van der Waals surface area contributed by atoms with Crippen molar-refractivity contribution in [3.63, 3.8) is 0 Å². The van der Waals surface area contributed by atoms with Crippen LogP contribution in [0.3, 0.4) is 0 Å². The molecule has 112 valence electrons. The number of benzene rings is 1. The van der Waals surface area contributed by atoms with Crippen LogP contribution in [0.2, 0.25) is 0 Å². The summed E-state index contributed by atoms with van der Waals surface area (Å²) in [6, 6.07) is 2.26. The first-order chi connectivity index (χ1) is 9.54. The normalized spacial score (nSPS) is 12.6. The van der Waals surface area contributed by atoms with Crippen LogP contribution in [-0.2, 0) is 0 Å². The molecule has 0 atom stereocenters. The van der Waals surface area contributed by atoms with E-state index in [0.29, 0.717) is 12.1 Å². The summed E-state index contributed by atoms with van der Waals surface area (Å²) >= 11 is 0. The van der Waals surface area contributed by atoms with E-state index in [-0.39, 0.29) is 11.0 Å². The van der Waals surface area contributed by atoms with E-state index < -0.39 is 34.6 Å². The molecule has 0 aliphatic carbocycles. The highest BCUT2D eigenvalue weighted by Gasteiger charge is 2.63. The van der Waals surface area contributed by atoms with Crippen molar-refractivity contribution in [3.05, 3.63) is 44.5 Å². The number of Topliss-reactive ketones (excluding diaryl/α,β-unsaturated/α-hetero) is 1.